The number of ether oxygens (including phenoxy) is 1. The van der Waals surface area contributed by atoms with Gasteiger partial charge in [-0.3, -0.25) is 4.79 Å². The Morgan fingerprint density at radius 2 is 2.15 bits per heavy atom. The zero-order chi connectivity index (χ0) is 15.2. The van der Waals surface area contributed by atoms with E-state index in [9.17, 15) is 4.79 Å². The number of nitrogens with one attached hydrogen (secondary N) is 1. The molecule has 1 aromatic rings. The van der Waals surface area contributed by atoms with E-state index in [1.165, 1.54) is 11.8 Å². The Hall–Kier alpha value is -1.67. The molecule has 0 heterocycles. The van der Waals surface area contributed by atoms with Crippen LogP contribution >= 0.6 is 11.8 Å². The molecule has 0 fully saturated rings. The van der Waals surface area contributed by atoms with Crippen molar-refractivity contribution in [3.63, 3.8) is 0 Å². The average Bonchev–Trinajstić information content (AvgIpc) is 2.38. The monoisotopic (exact) mass is 292 g/mol. The Labute approximate surface area is 124 Å². The molecule has 20 heavy (non-hydrogen) atoms. The van der Waals surface area contributed by atoms with Gasteiger partial charge in [0.2, 0.25) is 5.91 Å². The van der Waals surface area contributed by atoms with E-state index < -0.39 is 0 Å². The zero-order valence-corrected chi connectivity index (χ0v) is 13.1. The highest BCUT2D eigenvalue weighted by Gasteiger charge is 2.16. The Morgan fingerprint density at radius 3 is 2.70 bits per heavy atom. The summed E-state index contributed by atoms with van der Waals surface area (Å²) in [5.41, 5.74) is 1.79. The first-order chi connectivity index (χ1) is 9.38. The number of methoxy groups -OCH3 is 1. The minimum atomic E-state index is -0.130. The van der Waals surface area contributed by atoms with E-state index >= 15 is 0 Å². The van der Waals surface area contributed by atoms with Crippen LogP contribution in [0.3, 0.4) is 0 Å². The third kappa shape index (κ3) is 4.78. The molecule has 5 heteroatoms. The predicted octanol–water partition coefficient (Wildman–Crippen LogP) is 3.19. The molecule has 1 rings (SSSR count). The average molecular weight is 292 g/mol. The lowest BCUT2D eigenvalue weighted by atomic mass is 9.87. The van der Waals surface area contributed by atoms with Crippen molar-refractivity contribution in [2.75, 3.05) is 23.9 Å². The molecular weight excluding hydrogens is 272 g/mol. The van der Waals surface area contributed by atoms with E-state index in [1.807, 2.05) is 24.3 Å². The van der Waals surface area contributed by atoms with Gasteiger partial charge in [0.25, 0.3) is 0 Å². The summed E-state index contributed by atoms with van der Waals surface area (Å²) in [6.45, 7) is 6.34. The van der Waals surface area contributed by atoms with Crippen LogP contribution in [-0.2, 0) is 10.2 Å². The topological polar surface area (TPSA) is 62.1 Å². The van der Waals surface area contributed by atoms with E-state index in [1.54, 1.807) is 7.11 Å². The summed E-state index contributed by atoms with van der Waals surface area (Å²) in [6.07, 6.45) is 0. The quantitative estimate of drug-likeness (QED) is 0.847. The number of benzene rings is 1. The second-order valence-corrected chi connectivity index (χ2v) is 6.35. The number of carbonyl (C=O) groups excluding carboxylic acids is 1. The molecule has 0 aromatic heterocycles. The molecule has 0 spiro atoms. The molecule has 0 aliphatic heterocycles. The normalized spacial score (nSPS) is 10.8. The van der Waals surface area contributed by atoms with Crippen molar-refractivity contribution in [1.82, 2.24) is 0 Å². The van der Waals surface area contributed by atoms with Gasteiger partial charge in [0.05, 0.1) is 30.4 Å². The van der Waals surface area contributed by atoms with Crippen LogP contribution < -0.4 is 10.1 Å². The van der Waals surface area contributed by atoms with E-state index in [2.05, 4.69) is 26.1 Å². The molecule has 1 amide bonds. The maximum Gasteiger partial charge on any atom is 0.234 e. The van der Waals surface area contributed by atoms with Crippen LogP contribution in [0, 0.1) is 11.3 Å². The van der Waals surface area contributed by atoms with Gasteiger partial charge in [0.15, 0.2) is 0 Å². The number of thioether (sulfide) groups is 1. The van der Waals surface area contributed by atoms with Crippen molar-refractivity contribution in [3.05, 3.63) is 23.8 Å². The zero-order valence-electron chi connectivity index (χ0n) is 12.3. The number of nitrogens with zero attached hydrogens (tertiary/aromatic N) is 1. The Bertz CT molecular complexity index is 516. The summed E-state index contributed by atoms with van der Waals surface area (Å²) in [4.78, 5) is 11.8. The van der Waals surface area contributed by atoms with Gasteiger partial charge in [-0.2, -0.15) is 5.26 Å². The molecule has 0 saturated heterocycles. The first-order valence-corrected chi connectivity index (χ1v) is 7.47. The number of carbonyl (C=O) groups is 1. The molecule has 0 aliphatic carbocycles. The third-order valence-electron chi connectivity index (χ3n) is 2.74. The third-order valence-corrected chi connectivity index (χ3v) is 3.54. The first-order valence-electron chi connectivity index (χ1n) is 6.31. The van der Waals surface area contributed by atoms with E-state index in [-0.39, 0.29) is 17.1 Å². The van der Waals surface area contributed by atoms with Crippen LogP contribution in [0.25, 0.3) is 0 Å². The molecule has 1 N–H and O–H groups in total. The molecule has 0 atom stereocenters. The molecule has 0 radical (unpaired) electrons. The summed E-state index contributed by atoms with van der Waals surface area (Å²) in [5.74, 6) is 1.08. The molecular formula is C15H20N2O2S. The van der Waals surface area contributed by atoms with Crippen molar-refractivity contribution in [2.45, 2.75) is 26.2 Å². The van der Waals surface area contributed by atoms with Gasteiger partial charge in [0, 0.05) is 0 Å². The highest BCUT2D eigenvalue weighted by molar-refractivity contribution is 8.00. The largest absolute Gasteiger partial charge is 0.495 e. The van der Waals surface area contributed by atoms with Gasteiger partial charge >= 0.3 is 0 Å². The number of amides is 1. The summed E-state index contributed by atoms with van der Waals surface area (Å²) >= 11 is 1.29. The number of nitriles is 1. The van der Waals surface area contributed by atoms with Crippen LogP contribution in [-0.4, -0.2) is 24.5 Å². The number of hydrogen-bond acceptors (Lipinski definition) is 4. The summed E-state index contributed by atoms with van der Waals surface area (Å²) in [5, 5.41) is 11.3. The van der Waals surface area contributed by atoms with Gasteiger partial charge < -0.3 is 10.1 Å². The lowest BCUT2D eigenvalue weighted by molar-refractivity contribution is -0.113. The summed E-state index contributed by atoms with van der Waals surface area (Å²) < 4.78 is 5.27. The highest BCUT2D eigenvalue weighted by Crippen LogP contribution is 2.31. The van der Waals surface area contributed by atoms with Crippen molar-refractivity contribution in [2.24, 2.45) is 0 Å². The fraction of sp³-hybridized carbons (Fsp3) is 0.467. The van der Waals surface area contributed by atoms with Gasteiger partial charge in [-0.25, -0.2) is 0 Å². The van der Waals surface area contributed by atoms with E-state index in [4.69, 9.17) is 10.00 Å². The predicted molar refractivity (Wildman–Crippen MR) is 83.3 cm³/mol. The van der Waals surface area contributed by atoms with Crippen molar-refractivity contribution in [1.29, 1.82) is 5.26 Å². The van der Waals surface area contributed by atoms with Crippen molar-refractivity contribution < 1.29 is 9.53 Å². The minimum Gasteiger partial charge on any atom is -0.495 e. The second kappa shape index (κ2) is 7.20. The Kier molecular flexibility index (Phi) is 5.90. The van der Waals surface area contributed by atoms with Crippen LogP contribution in [0.15, 0.2) is 18.2 Å². The molecule has 0 saturated carbocycles. The summed E-state index contributed by atoms with van der Waals surface area (Å²) in [6, 6.07) is 7.79. The number of hydrogen-bond donors (Lipinski definition) is 1. The molecule has 0 unspecified atom stereocenters. The Balaban J connectivity index is 2.87. The SMILES string of the molecule is COc1ccc(C(C)(C)C)cc1NC(=O)CSCC#N. The number of rotatable bonds is 5. The smallest absolute Gasteiger partial charge is 0.234 e. The van der Waals surface area contributed by atoms with Gasteiger partial charge in [0.1, 0.15) is 5.75 Å². The van der Waals surface area contributed by atoms with Crippen LogP contribution in [0.4, 0.5) is 5.69 Å². The van der Waals surface area contributed by atoms with Gasteiger partial charge in [-0.05, 0) is 23.1 Å². The molecule has 0 aliphatic rings. The fourth-order valence-electron chi connectivity index (χ4n) is 1.65. The lowest BCUT2D eigenvalue weighted by Gasteiger charge is -2.21. The Morgan fingerprint density at radius 1 is 1.45 bits per heavy atom. The van der Waals surface area contributed by atoms with Crippen LogP contribution in [0.2, 0.25) is 0 Å². The second-order valence-electron chi connectivity index (χ2n) is 5.36. The summed E-state index contributed by atoms with van der Waals surface area (Å²) in [7, 11) is 1.58. The maximum atomic E-state index is 11.8. The van der Waals surface area contributed by atoms with Gasteiger partial charge in [-0.15, -0.1) is 11.8 Å². The molecule has 4 nitrogen and oxygen atoms in total. The van der Waals surface area contributed by atoms with E-state index in [0.29, 0.717) is 17.2 Å². The number of anilines is 1. The highest BCUT2D eigenvalue weighted by atomic mass is 32.2. The van der Waals surface area contributed by atoms with Crippen LogP contribution in [0.1, 0.15) is 26.3 Å². The van der Waals surface area contributed by atoms with Crippen molar-refractivity contribution >= 4 is 23.4 Å². The van der Waals surface area contributed by atoms with Gasteiger partial charge in [-0.1, -0.05) is 26.8 Å². The minimum absolute atomic E-state index is 0.00130. The fourth-order valence-corrected chi connectivity index (χ4v) is 2.10. The maximum absolute atomic E-state index is 11.8. The lowest BCUT2D eigenvalue weighted by Crippen LogP contribution is -2.17. The van der Waals surface area contributed by atoms with Crippen molar-refractivity contribution in [3.8, 4) is 11.8 Å². The molecule has 108 valence electrons. The first kappa shape index (κ1) is 16.4. The standard InChI is InChI=1S/C15H20N2O2S/c1-15(2,3)11-5-6-13(19-4)12(9-11)17-14(18)10-20-8-7-16/h5-6,9H,8,10H2,1-4H3,(H,17,18). The molecule has 0 bridgehead atoms. The molecule has 1 aromatic carbocycles. The van der Waals surface area contributed by atoms with Crippen LogP contribution in [0.5, 0.6) is 5.75 Å². The van der Waals surface area contributed by atoms with E-state index in [0.717, 1.165) is 5.56 Å².